The summed E-state index contributed by atoms with van der Waals surface area (Å²) in [4.78, 5) is 13.0. The number of amides is 1. The van der Waals surface area contributed by atoms with Crippen molar-refractivity contribution in [2.75, 3.05) is 19.7 Å². The molecule has 0 saturated carbocycles. The Kier molecular flexibility index (Phi) is 3.49. The van der Waals surface area contributed by atoms with Gasteiger partial charge in [-0.15, -0.1) is 0 Å². The van der Waals surface area contributed by atoms with Crippen molar-refractivity contribution in [1.82, 2.24) is 4.90 Å². The molecule has 1 N–H and O–H groups in total. The number of alkyl halides is 3. The Labute approximate surface area is 106 Å². The second kappa shape index (κ2) is 4.80. The molecule has 0 aliphatic carbocycles. The third-order valence-electron chi connectivity index (χ3n) is 3.04. The van der Waals surface area contributed by atoms with Crippen molar-refractivity contribution in [3.63, 3.8) is 0 Å². The molecule has 0 bridgehead atoms. The lowest BCUT2D eigenvalue weighted by molar-refractivity contribution is -0.140. The van der Waals surface area contributed by atoms with E-state index in [1.807, 2.05) is 0 Å². The van der Waals surface area contributed by atoms with Gasteiger partial charge in [-0.2, -0.15) is 13.2 Å². The first-order valence-electron chi connectivity index (χ1n) is 5.60. The predicted octanol–water partition coefficient (Wildman–Crippen LogP) is 1.91. The Morgan fingerprint density at radius 3 is 2.53 bits per heavy atom. The fraction of sp³-hybridized carbons (Fsp3) is 0.417. The molecule has 2 rings (SSSR count). The van der Waals surface area contributed by atoms with Gasteiger partial charge in [0.25, 0.3) is 5.91 Å². The van der Waals surface area contributed by atoms with Crippen LogP contribution in [0.3, 0.4) is 0 Å². The Morgan fingerprint density at radius 2 is 2.00 bits per heavy atom. The normalized spacial score (nSPS) is 16.4. The first-order valence-corrected chi connectivity index (χ1v) is 5.60. The van der Waals surface area contributed by atoms with E-state index >= 15 is 0 Å². The summed E-state index contributed by atoms with van der Waals surface area (Å²) in [6.45, 7) is 0.352. The molecule has 0 spiro atoms. The van der Waals surface area contributed by atoms with Crippen LogP contribution in [0.1, 0.15) is 15.9 Å². The number of hydrogen-bond acceptors (Lipinski definition) is 2. The molecule has 1 aliphatic heterocycles. The van der Waals surface area contributed by atoms with Gasteiger partial charge in [0.1, 0.15) is 5.82 Å². The summed E-state index contributed by atoms with van der Waals surface area (Å²) in [6.07, 6.45) is -4.83. The highest BCUT2D eigenvalue weighted by molar-refractivity contribution is 5.95. The van der Waals surface area contributed by atoms with Gasteiger partial charge in [-0.05, 0) is 12.1 Å². The van der Waals surface area contributed by atoms with E-state index in [0.29, 0.717) is 6.07 Å². The summed E-state index contributed by atoms with van der Waals surface area (Å²) < 4.78 is 51.2. The Bertz CT molecular complexity index is 495. The van der Waals surface area contributed by atoms with Crippen LogP contribution in [0.2, 0.25) is 0 Å². The van der Waals surface area contributed by atoms with E-state index in [9.17, 15) is 22.4 Å². The fourth-order valence-corrected chi connectivity index (χ4v) is 1.94. The van der Waals surface area contributed by atoms with Crippen LogP contribution in [-0.2, 0) is 6.18 Å². The zero-order valence-corrected chi connectivity index (χ0v) is 9.75. The molecule has 1 aromatic rings. The maximum atomic E-state index is 13.7. The van der Waals surface area contributed by atoms with Gasteiger partial charge < -0.3 is 10.0 Å². The largest absolute Gasteiger partial charge is 0.419 e. The van der Waals surface area contributed by atoms with E-state index in [4.69, 9.17) is 5.11 Å². The third-order valence-corrected chi connectivity index (χ3v) is 3.04. The molecule has 1 fully saturated rings. The minimum atomic E-state index is -4.83. The number of likely N-dealkylation sites (tertiary alicyclic amines) is 1. The molecule has 0 unspecified atom stereocenters. The van der Waals surface area contributed by atoms with Crippen molar-refractivity contribution in [2.24, 2.45) is 5.92 Å². The Balaban J connectivity index is 2.24. The van der Waals surface area contributed by atoms with Gasteiger partial charge in [0.05, 0.1) is 11.1 Å². The molecule has 1 aromatic carbocycles. The van der Waals surface area contributed by atoms with E-state index < -0.39 is 29.0 Å². The average molecular weight is 277 g/mol. The lowest BCUT2D eigenvalue weighted by Gasteiger charge is -2.38. The molecule has 19 heavy (non-hydrogen) atoms. The first-order chi connectivity index (χ1) is 8.84. The number of carbonyl (C=O) groups excluding carboxylic acids is 1. The Hall–Kier alpha value is -1.63. The summed E-state index contributed by atoms with van der Waals surface area (Å²) >= 11 is 0. The molecular formula is C12H11F4NO2. The van der Waals surface area contributed by atoms with Crippen LogP contribution in [0.5, 0.6) is 0 Å². The number of rotatable bonds is 2. The third kappa shape index (κ3) is 2.56. The van der Waals surface area contributed by atoms with Gasteiger partial charge in [-0.1, -0.05) is 6.07 Å². The highest BCUT2D eigenvalue weighted by atomic mass is 19.4. The van der Waals surface area contributed by atoms with Crippen LogP contribution >= 0.6 is 0 Å². The molecular weight excluding hydrogens is 266 g/mol. The number of carbonyl (C=O) groups is 1. The molecule has 1 saturated heterocycles. The van der Waals surface area contributed by atoms with Gasteiger partial charge in [-0.25, -0.2) is 4.39 Å². The molecule has 7 heteroatoms. The van der Waals surface area contributed by atoms with Crippen molar-refractivity contribution < 1.29 is 27.5 Å². The molecule has 0 aromatic heterocycles. The van der Waals surface area contributed by atoms with Crippen LogP contribution in [-0.4, -0.2) is 35.6 Å². The maximum absolute atomic E-state index is 13.7. The molecule has 0 radical (unpaired) electrons. The second-order valence-corrected chi connectivity index (χ2v) is 4.42. The number of hydrogen-bond donors (Lipinski definition) is 1. The van der Waals surface area contributed by atoms with Gasteiger partial charge in [-0.3, -0.25) is 4.79 Å². The monoisotopic (exact) mass is 277 g/mol. The van der Waals surface area contributed by atoms with Gasteiger partial charge in [0.15, 0.2) is 0 Å². The summed E-state index contributed by atoms with van der Waals surface area (Å²) in [5.41, 5.74) is -2.04. The van der Waals surface area contributed by atoms with Crippen LogP contribution in [0.4, 0.5) is 17.6 Å². The van der Waals surface area contributed by atoms with Crippen LogP contribution in [0.25, 0.3) is 0 Å². The average Bonchev–Trinajstić information content (AvgIpc) is 2.26. The highest BCUT2D eigenvalue weighted by Crippen LogP contribution is 2.33. The number of aliphatic hydroxyl groups excluding tert-OH is 1. The number of nitrogens with zero attached hydrogens (tertiary/aromatic N) is 1. The molecule has 1 heterocycles. The maximum Gasteiger partial charge on any atom is 0.419 e. The summed E-state index contributed by atoms with van der Waals surface area (Å²) in [7, 11) is 0. The molecule has 1 aliphatic rings. The molecule has 104 valence electrons. The van der Waals surface area contributed by atoms with Crippen LogP contribution < -0.4 is 0 Å². The minimum absolute atomic E-state index is 0.0854. The van der Waals surface area contributed by atoms with E-state index in [1.54, 1.807) is 0 Å². The topological polar surface area (TPSA) is 40.5 Å². The lowest BCUT2D eigenvalue weighted by Crippen LogP contribution is -2.51. The predicted molar refractivity (Wildman–Crippen MR) is 57.9 cm³/mol. The molecule has 0 atom stereocenters. The van der Waals surface area contributed by atoms with Crippen molar-refractivity contribution in [2.45, 2.75) is 6.18 Å². The van der Waals surface area contributed by atoms with Gasteiger partial charge >= 0.3 is 6.18 Å². The first kappa shape index (κ1) is 13.8. The minimum Gasteiger partial charge on any atom is -0.396 e. The summed E-state index contributed by atoms with van der Waals surface area (Å²) in [5.74, 6) is -2.42. The van der Waals surface area contributed by atoms with E-state index in [-0.39, 0.29) is 25.6 Å². The zero-order chi connectivity index (χ0) is 14.2. The van der Waals surface area contributed by atoms with Gasteiger partial charge in [0, 0.05) is 25.6 Å². The summed E-state index contributed by atoms with van der Waals surface area (Å²) in [6, 6.07) is 2.63. The zero-order valence-electron chi connectivity index (χ0n) is 9.75. The van der Waals surface area contributed by atoms with Crippen molar-refractivity contribution >= 4 is 5.91 Å². The second-order valence-electron chi connectivity index (χ2n) is 4.42. The lowest BCUT2D eigenvalue weighted by atomic mass is 9.99. The number of benzene rings is 1. The van der Waals surface area contributed by atoms with Crippen molar-refractivity contribution in [3.8, 4) is 0 Å². The van der Waals surface area contributed by atoms with Crippen LogP contribution in [0, 0.1) is 11.7 Å². The SMILES string of the molecule is O=C(c1cccc(C(F)(F)F)c1F)N1CC(CO)C1. The molecule has 1 amide bonds. The number of halogens is 4. The number of aliphatic hydroxyl groups is 1. The van der Waals surface area contributed by atoms with E-state index in [2.05, 4.69) is 0 Å². The van der Waals surface area contributed by atoms with Crippen molar-refractivity contribution in [3.05, 3.63) is 35.1 Å². The summed E-state index contributed by atoms with van der Waals surface area (Å²) in [5, 5.41) is 8.80. The standard InChI is InChI=1S/C12H11F4NO2/c13-10-8(2-1-3-9(10)12(14,15)16)11(19)17-4-7(5-17)6-18/h1-3,7,18H,4-6H2. The van der Waals surface area contributed by atoms with Crippen molar-refractivity contribution in [1.29, 1.82) is 0 Å². The highest BCUT2D eigenvalue weighted by Gasteiger charge is 2.37. The quantitative estimate of drug-likeness (QED) is 0.839. The Morgan fingerprint density at radius 1 is 1.37 bits per heavy atom. The van der Waals surface area contributed by atoms with E-state index in [1.165, 1.54) is 4.90 Å². The van der Waals surface area contributed by atoms with E-state index in [0.717, 1.165) is 12.1 Å². The van der Waals surface area contributed by atoms with Crippen LogP contribution in [0.15, 0.2) is 18.2 Å². The smallest absolute Gasteiger partial charge is 0.396 e. The molecule has 3 nitrogen and oxygen atoms in total. The fourth-order valence-electron chi connectivity index (χ4n) is 1.94. The van der Waals surface area contributed by atoms with Gasteiger partial charge in [0.2, 0.25) is 0 Å².